The lowest BCUT2D eigenvalue weighted by Gasteiger charge is -2.12. The molecule has 0 saturated heterocycles. The molecule has 7 heteroatoms. The van der Waals surface area contributed by atoms with Crippen molar-refractivity contribution < 1.29 is 17.9 Å². The maximum atomic E-state index is 11.8. The van der Waals surface area contributed by atoms with Crippen molar-refractivity contribution in [1.82, 2.24) is 9.78 Å². The van der Waals surface area contributed by atoms with Crippen molar-refractivity contribution in [2.24, 2.45) is 0 Å². The summed E-state index contributed by atoms with van der Waals surface area (Å²) in [6.45, 7) is 7.78. The van der Waals surface area contributed by atoms with Gasteiger partial charge in [-0.3, -0.25) is 4.68 Å². The normalized spacial score (nSPS) is 11.8. The van der Waals surface area contributed by atoms with E-state index in [-0.39, 0.29) is 24.0 Å². The Kier molecular flexibility index (Phi) is 5.74. The van der Waals surface area contributed by atoms with Gasteiger partial charge in [-0.05, 0) is 12.8 Å². The number of carbonyl (C=O) groups is 1. The van der Waals surface area contributed by atoms with Crippen molar-refractivity contribution in [3.63, 3.8) is 0 Å². The van der Waals surface area contributed by atoms with E-state index in [1.165, 1.54) is 6.20 Å². The predicted molar refractivity (Wildman–Crippen MR) is 76.6 cm³/mol. The van der Waals surface area contributed by atoms with E-state index < -0.39 is 15.8 Å². The maximum Gasteiger partial charge on any atom is 0.341 e. The molecular formula is C13H22N2O4S. The van der Waals surface area contributed by atoms with Crippen LogP contribution < -0.4 is 0 Å². The molecule has 20 heavy (non-hydrogen) atoms. The molecule has 0 aliphatic heterocycles. The van der Waals surface area contributed by atoms with E-state index in [0.717, 1.165) is 5.69 Å². The highest BCUT2D eigenvalue weighted by molar-refractivity contribution is 7.91. The maximum absolute atomic E-state index is 11.8. The lowest BCUT2D eigenvalue weighted by atomic mass is 10.1. The molecule has 0 amide bonds. The van der Waals surface area contributed by atoms with Gasteiger partial charge < -0.3 is 4.74 Å². The van der Waals surface area contributed by atoms with Gasteiger partial charge in [-0.2, -0.15) is 5.10 Å². The molecule has 0 aliphatic rings. The molecular weight excluding hydrogens is 280 g/mol. The fourth-order valence-corrected chi connectivity index (χ4v) is 2.66. The Bertz CT molecular complexity index is 561. The number of hydrogen-bond donors (Lipinski definition) is 0. The zero-order chi connectivity index (χ0) is 15.3. The fourth-order valence-electron chi connectivity index (χ4n) is 1.92. The molecule has 1 heterocycles. The third-order valence-corrected chi connectivity index (χ3v) is 4.66. The molecule has 0 fully saturated rings. The molecule has 6 nitrogen and oxygen atoms in total. The van der Waals surface area contributed by atoms with Crippen molar-refractivity contribution in [2.45, 2.75) is 40.2 Å². The summed E-state index contributed by atoms with van der Waals surface area (Å²) in [5.41, 5.74) is 1.13. The minimum absolute atomic E-state index is 0.0210. The van der Waals surface area contributed by atoms with Gasteiger partial charge in [0.2, 0.25) is 0 Å². The summed E-state index contributed by atoms with van der Waals surface area (Å²) in [5, 5.41) is 4.13. The van der Waals surface area contributed by atoms with Crippen LogP contribution >= 0.6 is 0 Å². The third-order valence-electron chi connectivity index (χ3n) is 2.98. The second-order valence-corrected chi connectivity index (χ2v) is 7.25. The standard InChI is InChI=1S/C13H22N2O4S/c1-5-19-13(16)11-9-14-15(12(11)10(3)4)7-8-20(17,18)6-2/h9-10H,5-8H2,1-4H3. The molecule has 0 bridgehead atoms. The highest BCUT2D eigenvalue weighted by atomic mass is 32.2. The largest absolute Gasteiger partial charge is 0.462 e. The van der Waals surface area contributed by atoms with Crippen molar-refractivity contribution in [2.75, 3.05) is 18.1 Å². The van der Waals surface area contributed by atoms with Gasteiger partial charge in [-0.15, -0.1) is 0 Å². The summed E-state index contributed by atoms with van der Waals surface area (Å²) in [7, 11) is -3.06. The number of ether oxygens (including phenoxy) is 1. The molecule has 0 aliphatic carbocycles. The molecule has 1 aromatic rings. The van der Waals surface area contributed by atoms with E-state index in [9.17, 15) is 13.2 Å². The number of nitrogens with zero attached hydrogens (tertiary/aromatic N) is 2. The van der Waals surface area contributed by atoms with Gasteiger partial charge in [0.25, 0.3) is 0 Å². The number of aryl methyl sites for hydroxylation is 1. The predicted octanol–water partition coefficient (Wildman–Crippen LogP) is 1.62. The Morgan fingerprint density at radius 1 is 1.40 bits per heavy atom. The molecule has 0 unspecified atom stereocenters. The molecule has 1 rings (SSSR count). The van der Waals surface area contributed by atoms with Crippen molar-refractivity contribution in [3.8, 4) is 0 Å². The second-order valence-electron chi connectivity index (χ2n) is 4.78. The van der Waals surface area contributed by atoms with E-state index in [1.54, 1.807) is 18.5 Å². The van der Waals surface area contributed by atoms with Crippen molar-refractivity contribution in [3.05, 3.63) is 17.5 Å². The summed E-state index contributed by atoms with van der Waals surface area (Å²) in [6, 6.07) is 0. The summed E-state index contributed by atoms with van der Waals surface area (Å²) < 4.78 is 29.7. The second kappa shape index (κ2) is 6.88. The summed E-state index contributed by atoms with van der Waals surface area (Å²) in [6.07, 6.45) is 1.45. The van der Waals surface area contributed by atoms with E-state index >= 15 is 0 Å². The monoisotopic (exact) mass is 302 g/mol. The molecule has 0 spiro atoms. The van der Waals surface area contributed by atoms with Crippen LogP contribution in [0.5, 0.6) is 0 Å². The smallest absolute Gasteiger partial charge is 0.341 e. The van der Waals surface area contributed by atoms with Gasteiger partial charge in [0.05, 0.1) is 30.8 Å². The number of rotatable bonds is 7. The Morgan fingerprint density at radius 3 is 2.55 bits per heavy atom. The SMILES string of the molecule is CCOC(=O)c1cnn(CCS(=O)(=O)CC)c1C(C)C. The van der Waals surface area contributed by atoms with Gasteiger partial charge in [-0.1, -0.05) is 20.8 Å². The molecule has 1 aromatic heterocycles. The molecule has 0 radical (unpaired) electrons. The summed E-state index contributed by atoms with van der Waals surface area (Å²) in [5.74, 6) is -0.231. The van der Waals surface area contributed by atoms with Crippen molar-refractivity contribution >= 4 is 15.8 Å². The van der Waals surface area contributed by atoms with Crippen LogP contribution in [0.1, 0.15) is 49.7 Å². The van der Waals surface area contributed by atoms with Crippen LogP contribution in [0.25, 0.3) is 0 Å². The number of sulfone groups is 1. The van der Waals surface area contributed by atoms with Crippen LogP contribution in [-0.4, -0.2) is 42.3 Å². The van der Waals surface area contributed by atoms with Crippen molar-refractivity contribution in [1.29, 1.82) is 0 Å². The zero-order valence-corrected chi connectivity index (χ0v) is 13.2. The first kappa shape index (κ1) is 16.7. The van der Waals surface area contributed by atoms with E-state index in [2.05, 4.69) is 5.10 Å². The highest BCUT2D eigenvalue weighted by Crippen LogP contribution is 2.20. The average molecular weight is 302 g/mol. The third kappa shape index (κ3) is 4.06. The van der Waals surface area contributed by atoms with Gasteiger partial charge in [0.1, 0.15) is 5.56 Å². The van der Waals surface area contributed by atoms with Gasteiger partial charge in [0.15, 0.2) is 9.84 Å². The summed E-state index contributed by atoms with van der Waals surface area (Å²) in [4.78, 5) is 11.8. The van der Waals surface area contributed by atoms with Crippen LogP contribution in [0.2, 0.25) is 0 Å². The average Bonchev–Trinajstić information content (AvgIpc) is 2.81. The number of hydrogen-bond acceptors (Lipinski definition) is 5. The van der Waals surface area contributed by atoms with Crippen LogP contribution in [-0.2, 0) is 21.1 Å². The van der Waals surface area contributed by atoms with Crippen LogP contribution in [0.3, 0.4) is 0 Å². The van der Waals surface area contributed by atoms with Crippen LogP contribution in [0.15, 0.2) is 6.20 Å². The highest BCUT2D eigenvalue weighted by Gasteiger charge is 2.21. The number of esters is 1. The molecule has 0 atom stereocenters. The van der Waals surface area contributed by atoms with Gasteiger partial charge in [-0.25, -0.2) is 13.2 Å². The number of aromatic nitrogens is 2. The molecule has 0 aromatic carbocycles. The molecule has 114 valence electrons. The van der Waals surface area contributed by atoms with E-state index in [0.29, 0.717) is 12.2 Å². The van der Waals surface area contributed by atoms with E-state index in [4.69, 9.17) is 4.74 Å². The Hall–Kier alpha value is -1.37. The first-order chi connectivity index (χ1) is 9.32. The first-order valence-electron chi connectivity index (χ1n) is 6.75. The molecule has 0 N–H and O–H groups in total. The Labute approximate surface area is 120 Å². The van der Waals surface area contributed by atoms with Crippen LogP contribution in [0.4, 0.5) is 0 Å². The lowest BCUT2D eigenvalue weighted by molar-refractivity contribution is 0.0524. The van der Waals surface area contributed by atoms with Crippen LogP contribution in [0, 0.1) is 0 Å². The van der Waals surface area contributed by atoms with Gasteiger partial charge in [0, 0.05) is 5.75 Å². The Balaban J connectivity index is 3.01. The quantitative estimate of drug-likeness (QED) is 0.715. The minimum Gasteiger partial charge on any atom is -0.462 e. The topological polar surface area (TPSA) is 78.3 Å². The summed E-state index contributed by atoms with van der Waals surface area (Å²) >= 11 is 0. The minimum atomic E-state index is -3.06. The molecule has 0 saturated carbocycles. The first-order valence-corrected chi connectivity index (χ1v) is 8.57. The zero-order valence-electron chi connectivity index (χ0n) is 12.4. The van der Waals surface area contributed by atoms with Gasteiger partial charge >= 0.3 is 5.97 Å². The Morgan fingerprint density at radius 2 is 2.05 bits per heavy atom. The number of carbonyl (C=O) groups excluding carboxylic acids is 1. The lowest BCUT2D eigenvalue weighted by Crippen LogP contribution is -2.18. The fraction of sp³-hybridized carbons (Fsp3) is 0.692. The van der Waals surface area contributed by atoms with E-state index in [1.807, 2.05) is 13.8 Å².